The van der Waals surface area contributed by atoms with Crippen LogP contribution in [0.3, 0.4) is 0 Å². The van der Waals surface area contributed by atoms with E-state index in [0.29, 0.717) is 0 Å². The van der Waals surface area contributed by atoms with Gasteiger partial charge in [-0.2, -0.15) is 9.66 Å². The van der Waals surface area contributed by atoms with E-state index in [1.54, 1.807) is 0 Å². The molecule has 4 nitrogen and oxygen atoms in total. The summed E-state index contributed by atoms with van der Waals surface area (Å²) in [5.74, 6) is 2.07. The fourth-order valence-electron chi connectivity index (χ4n) is 4.22. The number of hydrogen-bond donors (Lipinski definition) is 1. The van der Waals surface area contributed by atoms with Crippen LogP contribution in [0.2, 0.25) is 0 Å². The van der Waals surface area contributed by atoms with Gasteiger partial charge in [0.2, 0.25) is 11.5 Å². The average Bonchev–Trinajstić information content (AvgIpc) is 3.00. The Morgan fingerprint density at radius 3 is 2.68 bits per heavy atom. The van der Waals surface area contributed by atoms with Gasteiger partial charge in [-0.25, -0.2) is 0 Å². The van der Waals surface area contributed by atoms with Gasteiger partial charge in [0.15, 0.2) is 0 Å². The second-order valence-corrected chi connectivity index (χ2v) is 7.26. The largest absolute Gasteiger partial charge is 0.292 e. The highest BCUT2D eigenvalue weighted by Gasteiger charge is 2.30. The van der Waals surface area contributed by atoms with E-state index in [-0.39, 0.29) is 0 Å². The van der Waals surface area contributed by atoms with Gasteiger partial charge in [0.1, 0.15) is 22.7 Å². The van der Waals surface area contributed by atoms with Crippen molar-refractivity contribution in [2.24, 2.45) is 5.92 Å². The quantitative estimate of drug-likeness (QED) is 0.723. The number of piperidine rings is 1. The Hall–Kier alpha value is -2.54. The van der Waals surface area contributed by atoms with Gasteiger partial charge in [0, 0.05) is 5.56 Å². The van der Waals surface area contributed by atoms with E-state index in [1.165, 1.54) is 24.2 Å². The number of H-pyrrole nitrogens is 1. The SMILES string of the molecule is CCc1c(C)c(C#N)c2[nH]c3ccccc3[n+]2c1N1CCC(C)CC1. The van der Waals surface area contributed by atoms with Gasteiger partial charge in [-0.15, -0.1) is 0 Å². The van der Waals surface area contributed by atoms with Gasteiger partial charge in [-0.1, -0.05) is 26.0 Å². The van der Waals surface area contributed by atoms with Crippen LogP contribution < -0.4 is 9.30 Å². The van der Waals surface area contributed by atoms with E-state index in [2.05, 4.69) is 59.3 Å². The van der Waals surface area contributed by atoms with Crippen molar-refractivity contribution < 1.29 is 4.40 Å². The van der Waals surface area contributed by atoms with Crippen LogP contribution in [0, 0.1) is 24.2 Å². The van der Waals surface area contributed by atoms with E-state index < -0.39 is 0 Å². The molecule has 1 aromatic carbocycles. The van der Waals surface area contributed by atoms with Gasteiger partial charge in [0.05, 0.1) is 13.1 Å². The molecule has 0 spiro atoms. The molecule has 1 fully saturated rings. The molecule has 0 saturated carbocycles. The number of nitrogens with zero attached hydrogens (tertiary/aromatic N) is 3. The highest BCUT2D eigenvalue weighted by Crippen LogP contribution is 2.30. The normalized spacial score (nSPS) is 15.8. The molecule has 1 N–H and O–H groups in total. The molecule has 3 aromatic rings. The van der Waals surface area contributed by atoms with Crippen molar-refractivity contribution >= 4 is 22.5 Å². The van der Waals surface area contributed by atoms with Crippen LogP contribution in [0.5, 0.6) is 0 Å². The number of aromatic nitrogens is 2. The molecule has 1 aliphatic heterocycles. The Kier molecular flexibility index (Phi) is 3.88. The van der Waals surface area contributed by atoms with Crippen molar-refractivity contribution in [3.63, 3.8) is 0 Å². The second-order valence-electron chi connectivity index (χ2n) is 7.26. The summed E-state index contributed by atoms with van der Waals surface area (Å²) < 4.78 is 2.29. The predicted molar refractivity (Wildman–Crippen MR) is 101 cm³/mol. The lowest BCUT2D eigenvalue weighted by Crippen LogP contribution is -2.41. The molecule has 0 aliphatic carbocycles. The molecular formula is C21H25N4+. The number of imidazole rings is 1. The molecule has 2 aromatic heterocycles. The summed E-state index contributed by atoms with van der Waals surface area (Å²) >= 11 is 0. The third-order valence-electron chi connectivity index (χ3n) is 5.72. The van der Waals surface area contributed by atoms with Gasteiger partial charge in [0.25, 0.3) is 0 Å². The van der Waals surface area contributed by atoms with Crippen molar-refractivity contribution in [3.05, 3.63) is 41.0 Å². The number of para-hydroxylation sites is 2. The first-order chi connectivity index (χ1) is 12.2. The number of nitriles is 1. The Labute approximate surface area is 148 Å². The van der Waals surface area contributed by atoms with Crippen molar-refractivity contribution in [3.8, 4) is 6.07 Å². The van der Waals surface area contributed by atoms with Gasteiger partial charge in [-0.3, -0.25) is 9.88 Å². The van der Waals surface area contributed by atoms with Gasteiger partial charge < -0.3 is 0 Å². The number of nitrogens with one attached hydrogen (secondary N) is 1. The topological polar surface area (TPSA) is 46.9 Å². The summed E-state index contributed by atoms with van der Waals surface area (Å²) in [4.78, 5) is 6.02. The molecule has 1 aliphatic rings. The number of aromatic amines is 1. The first kappa shape index (κ1) is 16.0. The minimum atomic E-state index is 0.766. The number of benzene rings is 1. The van der Waals surface area contributed by atoms with E-state index in [9.17, 15) is 5.26 Å². The molecule has 0 unspecified atom stereocenters. The van der Waals surface area contributed by atoms with E-state index in [0.717, 1.165) is 53.2 Å². The molecule has 1 saturated heterocycles. The van der Waals surface area contributed by atoms with Crippen molar-refractivity contribution in [1.82, 2.24) is 4.98 Å². The molecule has 0 radical (unpaired) electrons. The summed E-state index contributed by atoms with van der Waals surface area (Å²) in [5.41, 5.74) is 6.34. The zero-order chi connectivity index (χ0) is 17.6. The highest BCUT2D eigenvalue weighted by atomic mass is 15.2. The maximum absolute atomic E-state index is 9.80. The lowest BCUT2D eigenvalue weighted by Gasteiger charge is -2.29. The molecule has 0 atom stereocenters. The van der Waals surface area contributed by atoms with Gasteiger partial charge in [-0.05, 0) is 49.8 Å². The van der Waals surface area contributed by atoms with Crippen LogP contribution in [0.4, 0.5) is 5.82 Å². The van der Waals surface area contributed by atoms with Crippen LogP contribution >= 0.6 is 0 Å². The third-order valence-corrected chi connectivity index (χ3v) is 5.72. The summed E-state index contributed by atoms with van der Waals surface area (Å²) in [6, 6.07) is 10.8. The van der Waals surface area contributed by atoms with E-state index in [1.807, 2.05) is 6.07 Å². The summed E-state index contributed by atoms with van der Waals surface area (Å²) in [6.45, 7) is 8.80. The Morgan fingerprint density at radius 2 is 2.00 bits per heavy atom. The molecule has 0 bridgehead atoms. The molecule has 0 amide bonds. The maximum atomic E-state index is 9.80. The Balaban J connectivity index is 2.10. The monoisotopic (exact) mass is 333 g/mol. The first-order valence-corrected chi connectivity index (χ1v) is 9.28. The summed E-state index contributed by atoms with van der Waals surface area (Å²) in [6.07, 6.45) is 3.39. The molecular weight excluding hydrogens is 308 g/mol. The molecule has 3 heterocycles. The second kappa shape index (κ2) is 6.07. The minimum absolute atomic E-state index is 0.766. The average molecular weight is 333 g/mol. The summed E-state index contributed by atoms with van der Waals surface area (Å²) in [5, 5.41) is 9.80. The molecule has 4 heteroatoms. The van der Waals surface area contributed by atoms with E-state index >= 15 is 0 Å². The lowest BCUT2D eigenvalue weighted by molar-refractivity contribution is -0.468. The van der Waals surface area contributed by atoms with Crippen LogP contribution in [0.1, 0.15) is 43.4 Å². The predicted octanol–water partition coefficient (Wildman–Crippen LogP) is 3.89. The standard InChI is InChI=1S/C21H24N4/c1-4-16-15(3)17(13-22)20-23-18-7-5-6-8-19(18)25(20)21(16)24-11-9-14(2)10-12-24/h5-8,14H,4,9-12H2,1-3H3/p+1. The highest BCUT2D eigenvalue weighted by molar-refractivity contribution is 5.78. The Morgan fingerprint density at radius 1 is 1.28 bits per heavy atom. The Bertz CT molecular complexity index is 985. The molecule has 128 valence electrons. The smallest absolute Gasteiger partial charge is 0.250 e. The molecule has 25 heavy (non-hydrogen) atoms. The van der Waals surface area contributed by atoms with Crippen LogP contribution in [0.15, 0.2) is 24.3 Å². The van der Waals surface area contributed by atoms with Crippen LogP contribution in [0.25, 0.3) is 16.7 Å². The summed E-state index contributed by atoms with van der Waals surface area (Å²) in [7, 11) is 0. The van der Waals surface area contributed by atoms with Crippen LogP contribution in [-0.4, -0.2) is 18.1 Å². The fraction of sp³-hybridized carbons (Fsp3) is 0.429. The minimum Gasteiger partial charge on any atom is -0.292 e. The number of rotatable bonds is 2. The number of fused-ring (bicyclic) bond motifs is 3. The number of hydrogen-bond acceptors (Lipinski definition) is 2. The van der Waals surface area contributed by atoms with Gasteiger partial charge >= 0.3 is 0 Å². The third kappa shape index (κ3) is 2.38. The fourth-order valence-corrected chi connectivity index (χ4v) is 4.22. The zero-order valence-electron chi connectivity index (χ0n) is 15.3. The number of pyridine rings is 1. The maximum Gasteiger partial charge on any atom is 0.250 e. The zero-order valence-corrected chi connectivity index (χ0v) is 15.3. The van der Waals surface area contributed by atoms with Crippen LogP contribution in [-0.2, 0) is 6.42 Å². The number of anilines is 1. The lowest BCUT2D eigenvalue weighted by atomic mass is 9.97. The first-order valence-electron chi connectivity index (χ1n) is 9.28. The van der Waals surface area contributed by atoms with E-state index in [4.69, 9.17) is 0 Å². The van der Waals surface area contributed by atoms with Crippen molar-refractivity contribution in [2.75, 3.05) is 18.0 Å². The van der Waals surface area contributed by atoms with Crippen molar-refractivity contribution in [1.29, 1.82) is 5.26 Å². The van der Waals surface area contributed by atoms with Crippen molar-refractivity contribution in [2.45, 2.75) is 40.0 Å². The molecule has 4 rings (SSSR count).